The number of rotatable bonds is 10. The van der Waals surface area contributed by atoms with E-state index in [1.807, 2.05) is 0 Å². The zero-order valence-corrected chi connectivity index (χ0v) is 11.4. The van der Waals surface area contributed by atoms with Gasteiger partial charge >= 0.3 is 0 Å². The third-order valence-electron chi connectivity index (χ3n) is 2.84. The van der Waals surface area contributed by atoms with Crippen LogP contribution in [0.5, 0.6) is 0 Å². The van der Waals surface area contributed by atoms with Crippen molar-refractivity contribution in [3.63, 3.8) is 0 Å². The molecule has 0 aliphatic carbocycles. The molecule has 1 fully saturated rings. The predicted octanol–water partition coefficient (Wildman–Crippen LogP) is 3.35. The first-order chi connectivity index (χ1) is 8.43. The summed E-state index contributed by atoms with van der Waals surface area (Å²) in [5, 5.41) is 0. The van der Waals surface area contributed by atoms with E-state index in [9.17, 15) is 0 Å². The van der Waals surface area contributed by atoms with Crippen LogP contribution in [0.4, 0.5) is 0 Å². The summed E-state index contributed by atoms with van der Waals surface area (Å²) >= 11 is 5.60. The molecule has 0 aromatic heterocycles. The van der Waals surface area contributed by atoms with Crippen molar-refractivity contribution in [1.29, 1.82) is 0 Å². The van der Waals surface area contributed by atoms with E-state index in [0.717, 1.165) is 38.4 Å². The lowest BCUT2D eigenvalue weighted by Crippen LogP contribution is -2.24. The minimum Gasteiger partial charge on any atom is -0.379 e. The zero-order valence-electron chi connectivity index (χ0n) is 10.7. The summed E-state index contributed by atoms with van der Waals surface area (Å²) in [6.07, 6.45) is 8.07. The van der Waals surface area contributed by atoms with Crippen molar-refractivity contribution < 1.29 is 14.2 Å². The van der Waals surface area contributed by atoms with Crippen molar-refractivity contribution >= 4 is 11.6 Å². The smallest absolute Gasteiger partial charge is 0.157 e. The Labute approximate surface area is 110 Å². The van der Waals surface area contributed by atoms with Gasteiger partial charge in [-0.2, -0.15) is 0 Å². The van der Waals surface area contributed by atoms with Gasteiger partial charge in [0.1, 0.15) is 0 Å². The normalized spacial score (nSPS) is 20.6. The molecular weight excluding hydrogens is 240 g/mol. The van der Waals surface area contributed by atoms with Gasteiger partial charge in [0.05, 0.1) is 13.2 Å². The lowest BCUT2D eigenvalue weighted by molar-refractivity contribution is -0.169. The van der Waals surface area contributed by atoms with Gasteiger partial charge in [0.25, 0.3) is 0 Å². The van der Waals surface area contributed by atoms with Crippen LogP contribution in [-0.4, -0.2) is 38.6 Å². The van der Waals surface area contributed by atoms with E-state index in [1.54, 1.807) is 0 Å². The second-order valence-corrected chi connectivity index (χ2v) is 4.76. The van der Waals surface area contributed by atoms with E-state index < -0.39 is 0 Å². The van der Waals surface area contributed by atoms with E-state index in [-0.39, 0.29) is 6.29 Å². The highest BCUT2D eigenvalue weighted by Crippen LogP contribution is 2.13. The molecule has 0 saturated carbocycles. The van der Waals surface area contributed by atoms with Crippen LogP contribution in [0, 0.1) is 0 Å². The fourth-order valence-electron chi connectivity index (χ4n) is 1.84. The number of unbranched alkanes of at least 4 members (excludes halogenated alkanes) is 3. The van der Waals surface area contributed by atoms with Crippen molar-refractivity contribution in [3.8, 4) is 0 Å². The molecule has 0 spiro atoms. The fraction of sp³-hybridized carbons (Fsp3) is 1.00. The van der Waals surface area contributed by atoms with Gasteiger partial charge in [-0.15, -0.1) is 11.6 Å². The van der Waals surface area contributed by atoms with Gasteiger partial charge in [0.2, 0.25) is 0 Å². The van der Waals surface area contributed by atoms with Gasteiger partial charge in [-0.1, -0.05) is 12.8 Å². The Kier molecular flexibility index (Phi) is 10.1. The molecule has 1 aliphatic heterocycles. The molecular formula is C13H25ClO3. The summed E-state index contributed by atoms with van der Waals surface area (Å²) in [7, 11) is 0. The Morgan fingerprint density at radius 1 is 1.00 bits per heavy atom. The molecule has 0 N–H and O–H groups in total. The third kappa shape index (κ3) is 8.83. The van der Waals surface area contributed by atoms with Crippen LogP contribution in [0.3, 0.4) is 0 Å². The summed E-state index contributed by atoms with van der Waals surface area (Å²) in [6, 6.07) is 0. The van der Waals surface area contributed by atoms with Crippen LogP contribution < -0.4 is 0 Å². The molecule has 1 saturated heterocycles. The second kappa shape index (κ2) is 11.3. The number of hydrogen-bond acceptors (Lipinski definition) is 3. The molecule has 0 radical (unpaired) electrons. The van der Waals surface area contributed by atoms with Crippen LogP contribution in [0.2, 0.25) is 0 Å². The summed E-state index contributed by atoms with van der Waals surface area (Å²) in [4.78, 5) is 0. The van der Waals surface area contributed by atoms with Crippen molar-refractivity contribution in [1.82, 2.24) is 0 Å². The minimum atomic E-state index is 0.0103. The lowest BCUT2D eigenvalue weighted by atomic mass is 10.2. The standard InChI is InChI=1S/C13H25ClO3/c14-8-4-1-2-5-9-15-11-12-17-13-7-3-6-10-16-13/h13H,1-12H2. The van der Waals surface area contributed by atoms with Gasteiger partial charge in [-0.05, 0) is 32.1 Å². The molecule has 0 amide bonds. The maximum atomic E-state index is 5.60. The summed E-state index contributed by atoms with van der Waals surface area (Å²) in [6.45, 7) is 2.99. The average Bonchev–Trinajstić information content (AvgIpc) is 2.38. The number of alkyl halides is 1. The molecule has 1 rings (SSSR count). The van der Waals surface area contributed by atoms with Gasteiger partial charge in [-0.25, -0.2) is 0 Å². The highest BCUT2D eigenvalue weighted by atomic mass is 35.5. The van der Waals surface area contributed by atoms with Crippen LogP contribution in [0.25, 0.3) is 0 Å². The quantitative estimate of drug-likeness (QED) is 0.447. The molecule has 0 aromatic rings. The van der Waals surface area contributed by atoms with Crippen LogP contribution >= 0.6 is 11.6 Å². The van der Waals surface area contributed by atoms with Crippen LogP contribution in [-0.2, 0) is 14.2 Å². The first-order valence-electron chi connectivity index (χ1n) is 6.80. The Balaban J connectivity index is 1.75. The number of halogens is 1. The van der Waals surface area contributed by atoms with E-state index in [4.69, 9.17) is 25.8 Å². The molecule has 0 bridgehead atoms. The largest absolute Gasteiger partial charge is 0.379 e. The molecule has 1 heterocycles. The molecule has 1 atom stereocenters. The summed E-state index contributed by atoms with van der Waals surface area (Å²) in [5.41, 5.74) is 0. The SMILES string of the molecule is ClCCCCCCOCCOC1CCCCO1. The first-order valence-corrected chi connectivity index (χ1v) is 7.34. The Bertz CT molecular complexity index is 161. The second-order valence-electron chi connectivity index (χ2n) is 4.38. The van der Waals surface area contributed by atoms with Crippen LogP contribution in [0.1, 0.15) is 44.9 Å². The summed E-state index contributed by atoms with van der Waals surface area (Å²) in [5.74, 6) is 0.774. The van der Waals surface area contributed by atoms with Gasteiger partial charge in [-0.3, -0.25) is 0 Å². The topological polar surface area (TPSA) is 27.7 Å². The molecule has 3 nitrogen and oxygen atoms in total. The molecule has 1 aliphatic rings. The van der Waals surface area contributed by atoms with Gasteiger partial charge < -0.3 is 14.2 Å². The number of hydrogen-bond donors (Lipinski definition) is 0. The number of ether oxygens (including phenoxy) is 3. The molecule has 4 heteroatoms. The van der Waals surface area contributed by atoms with Crippen molar-refractivity contribution in [2.75, 3.05) is 32.3 Å². The Morgan fingerprint density at radius 3 is 2.65 bits per heavy atom. The third-order valence-corrected chi connectivity index (χ3v) is 3.11. The van der Waals surface area contributed by atoms with E-state index in [0.29, 0.717) is 13.2 Å². The molecule has 17 heavy (non-hydrogen) atoms. The highest BCUT2D eigenvalue weighted by Gasteiger charge is 2.13. The van der Waals surface area contributed by atoms with Crippen molar-refractivity contribution in [3.05, 3.63) is 0 Å². The monoisotopic (exact) mass is 264 g/mol. The van der Waals surface area contributed by atoms with Gasteiger partial charge in [0, 0.05) is 19.1 Å². The van der Waals surface area contributed by atoms with Crippen LogP contribution in [0.15, 0.2) is 0 Å². The zero-order chi connectivity index (χ0) is 12.2. The highest BCUT2D eigenvalue weighted by molar-refractivity contribution is 6.17. The molecule has 1 unspecified atom stereocenters. The lowest BCUT2D eigenvalue weighted by Gasteiger charge is -2.22. The summed E-state index contributed by atoms with van der Waals surface area (Å²) < 4.78 is 16.5. The van der Waals surface area contributed by atoms with E-state index >= 15 is 0 Å². The average molecular weight is 265 g/mol. The van der Waals surface area contributed by atoms with Gasteiger partial charge in [0.15, 0.2) is 6.29 Å². The Hall–Kier alpha value is 0.170. The fourth-order valence-corrected chi connectivity index (χ4v) is 2.02. The Morgan fingerprint density at radius 2 is 1.88 bits per heavy atom. The van der Waals surface area contributed by atoms with Crippen molar-refractivity contribution in [2.24, 2.45) is 0 Å². The van der Waals surface area contributed by atoms with Crippen molar-refractivity contribution in [2.45, 2.75) is 51.2 Å². The predicted molar refractivity (Wildman–Crippen MR) is 69.6 cm³/mol. The molecule has 0 aromatic carbocycles. The minimum absolute atomic E-state index is 0.0103. The first kappa shape index (κ1) is 15.2. The maximum Gasteiger partial charge on any atom is 0.157 e. The maximum absolute atomic E-state index is 5.60. The van der Waals surface area contributed by atoms with E-state index in [2.05, 4.69) is 0 Å². The molecule has 102 valence electrons. The van der Waals surface area contributed by atoms with E-state index in [1.165, 1.54) is 25.7 Å².